The minimum absolute atomic E-state index is 0.0769. The number of hydrogen-bond acceptors (Lipinski definition) is 6. The number of nitrogens with zero attached hydrogens (tertiary/aromatic N) is 2. The smallest absolute Gasteiger partial charge is 0.276 e. The Labute approximate surface area is 125 Å². The first-order valence-corrected chi connectivity index (χ1v) is 6.20. The molecule has 8 nitrogen and oxygen atoms in total. The molecule has 0 spiro atoms. The molecule has 0 aliphatic carbocycles. The van der Waals surface area contributed by atoms with Crippen LogP contribution >= 0.6 is 0 Å². The Morgan fingerprint density at radius 3 is 2.36 bits per heavy atom. The number of para-hydroxylation sites is 1. The molecule has 22 heavy (non-hydrogen) atoms. The standard InChI is InChI=1S/C14H12N2O6/c1-21-13-7-6-11(15(17)18)8-14(13)22-9-10-4-2-3-5-12(10)16(19)20/h2-8H,9H2,1H3. The molecule has 0 bridgehead atoms. The van der Waals surface area contributed by atoms with Crippen molar-refractivity contribution in [2.24, 2.45) is 0 Å². The molecule has 8 heteroatoms. The second kappa shape index (κ2) is 6.53. The van der Waals surface area contributed by atoms with Crippen LogP contribution < -0.4 is 9.47 Å². The molecule has 0 heterocycles. The summed E-state index contributed by atoms with van der Waals surface area (Å²) in [5.74, 6) is 0.457. The summed E-state index contributed by atoms with van der Waals surface area (Å²) < 4.78 is 10.5. The van der Waals surface area contributed by atoms with Crippen LogP contribution in [0.3, 0.4) is 0 Å². The van der Waals surface area contributed by atoms with Crippen molar-refractivity contribution < 1.29 is 19.3 Å². The fourth-order valence-corrected chi connectivity index (χ4v) is 1.86. The van der Waals surface area contributed by atoms with Crippen molar-refractivity contribution in [2.45, 2.75) is 6.61 Å². The summed E-state index contributed by atoms with van der Waals surface area (Å²) in [5, 5.41) is 21.7. The lowest BCUT2D eigenvalue weighted by Gasteiger charge is -2.10. The molecule has 0 saturated heterocycles. The van der Waals surface area contributed by atoms with Gasteiger partial charge < -0.3 is 9.47 Å². The topological polar surface area (TPSA) is 105 Å². The van der Waals surface area contributed by atoms with Gasteiger partial charge >= 0.3 is 0 Å². The average molecular weight is 304 g/mol. The van der Waals surface area contributed by atoms with Gasteiger partial charge in [0.1, 0.15) is 6.61 Å². The van der Waals surface area contributed by atoms with Crippen LogP contribution in [0.4, 0.5) is 11.4 Å². The fraction of sp³-hybridized carbons (Fsp3) is 0.143. The first-order chi connectivity index (χ1) is 10.5. The van der Waals surface area contributed by atoms with Gasteiger partial charge in [-0.15, -0.1) is 0 Å². The molecule has 0 saturated carbocycles. The number of nitro groups is 2. The Morgan fingerprint density at radius 1 is 1.00 bits per heavy atom. The molecule has 0 aliphatic heterocycles. The Morgan fingerprint density at radius 2 is 1.73 bits per heavy atom. The zero-order valence-corrected chi connectivity index (χ0v) is 11.6. The molecule has 0 aliphatic rings. The SMILES string of the molecule is COc1ccc([N+](=O)[O-])cc1OCc1ccccc1[N+](=O)[O-]. The summed E-state index contributed by atoms with van der Waals surface area (Å²) in [7, 11) is 1.40. The Hall–Kier alpha value is -3.16. The molecule has 0 radical (unpaired) electrons. The van der Waals surface area contributed by atoms with Crippen molar-refractivity contribution in [3.8, 4) is 11.5 Å². The third-order valence-electron chi connectivity index (χ3n) is 2.93. The van der Waals surface area contributed by atoms with E-state index in [0.717, 1.165) is 0 Å². The monoisotopic (exact) mass is 304 g/mol. The molecule has 114 valence electrons. The van der Waals surface area contributed by atoms with Crippen molar-refractivity contribution >= 4 is 11.4 Å². The zero-order chi connectivity index (χ0) is 16.1. The predicted molar refractivity (Wildman–Crippen MR) is 77.1 cm³/mol. The zero-order valence-electron chi connectivity index (χ0n) is 11.6. The van der Waals surface area contributed by atoms with Gasteiger partial charge in [0.25, 0.3) is 11.4 Å². The fourth-order valence-electron chi connectivity index (χ4n) is 1.86. The van der Waals surface area contributed by atoms with Gasteiger partial charge in [0, 0.05) is 12.1 Å². The van der Waals surface area contributed by atoms with Crippen LogP contribution in [0.25, 0.3) is 0 Å². The molecule has 2 aromatic carbocycles. The first-order valence-electron chi connectivity index (χ1n) is 6.20. The normalized spacial score (nSPS) is 10.0. The molecule has 0 atom stereocenters. The van der Waals surface area contributed by atoms with E-state index in [1.54, 1.807) is 18.2 Å². The van der Waals surface area contributed by atoms with Crippen molar-refractivity contribution in [1.29, 1.82) is 0 Å². The highest BCUT2D eigenvalue weighted by Crippen LogP contribution is 2.32. The van der Waals surface area contributed by atoms with E-state index in [0.29, 0.717) is 11.3 Å². The van der Waals surface area contributed by atoms with Gasteiger partial charge in [0.15, 0.2) is 11.5 Å². The van der Waals surface area contributed by atoms with E-state index in [9.17, 15) is 20.2 Å². The van der Waals surface area contributed by atoms with E-state index in [-0.39, 0.29) is 23.7 Å². The van der Waals surface area contributed by atoms with Crippen LogP contribution in [0.15, 0.2) is 42.5 Å². The summed E-state index contributed by atoms with van der Waals surface area (Å²) in [5.41, 5.74) is 0.131. The van der Waals surface area contributed by atoms with Gasteiger partial charge in [0.05, 0.1) is 28.6 Å². The van der Waals surface area contributed by atoms with Crippen molar-refractivity contribution in [3.05, 3.63) is 68.3 Å². The summed E-state index contributed by atoms with van der Waals surface area (Å²) in [6.45, 7) is -0.102. The Balaban J connectivity index is 2.26. The number of non-ortho nitro benzene ring substituents is 1. The Kier molecular flexibility index (Phi) is 4.52. The molecule has 2 aromatic rings. The van der Waals surface area contributed by atoms with Gasteiger partial charge in [0.2, 0.25) is 0 Å². The van der Waals surface area contributed by atoms with Crippen molar-refractivity contribution in [1.82, 2.24) is 0 Å². The van der Waals surface area contributed by atoms with Gasteiger partial charge in [-0.25, -0.2) is 0 Å². The third kappa shape index (κ3) is 3.29. The lowest BCUT2D eigenvalue weighted by Crippen LogP contribution is -2.02. The van der Waals surface area contributed by atoms with E-state index < -0.39 is 9.85 Å². The number of nitro benzene ring substituents is 2. The van der Waals surface area contributed by atoms with Crippen LogP contribution in [0, 0.1) is 20.2 Å². The van der Waals surface area contributed by atoms with Gasteiger partial charge in [-0.3, -0.25) is 20.2 Å². The lowest BCUT2D eigenvalue weighted by molar-refractivity contribution is -0.385. The second-order valence-corrected chi connectivity index (χ2v) is 4.27. The minimum Gasteiger partial charge on any atom is -0.493 e. The van der Waals surface area contributed by atoms with E-state index in [1.165, 1.54) is 31.4 Å². The number of benzene rings is 2. The van der Waals surface area contributed by atoms with Crippen LogP contribution in [0.2, 0.25) is 0 Å². The lowest BCUT2D eigenvalue weighted by atomic mass is 10.2. The predicted octanol–water partition coefficient (Wildman–Crippen LogP) is 3.09. The maximum absolute atomic E-state index is 10.9. The quantitative estimate of drug-likeness (QED) is 0.599. The van der Waals surface area contributed by atoms with E-state index in [4.69, 9.17) is 9.47 Å². The number of hydrogen-bond donors (Lipinski definition) is 0. The number of rotatable bonds is 6. The second-order valence-electron chi connectivity index (χ2n) is 4.27. The molecule has 0 unspecified atom stereocenters. The van der Waals surface area contributed by atoms with E-state index >= 15 is 0 Å². The van der Waals surface area contributed by atoms with Crippen LogP contribution in [0.1, 0.15) is 5.56 Å². The summed E-state index contributed by atoms with van der Waals surface area (Å²) in [4.78, 5) is 20.7. The van der Waals surface area contributed by atoms with Crippen molar-refractivity contribution in [2.75, 3.05) is 7.11 Å². The first kappa shape index (κ1) is 15.2. The molecule has 0 fully saturated rings. The molecule has 0 aromatic heterocycles. The number of ether oxygens (including phenoxy) is 2. The van der Waals surface area contributed by atoms with E-state index in [2.05, 4.69) is 0 Å². The maximum atomic E-state index is 10.9. The Bertz CT molecular complexity index is 716. The molecule has 0 N–H and O–H groups in total. The van der Waals surface area contributed by atoms with Crippen molar-refractivity contribution in [3.63, 3.8) is 0 Å². The molecular formula is C14H12N2O6. The highest BCUT2D eigenvalue weighted by molar-refractivity contribution is 5.49. The highest BCUT2D eigenvalue weighted by atomic mass is 16.6. The minimum atomic E-state index is -0.558. The summed E-state index contributed by atoms with van der Waals surface area (Å²) >= 11 is 0. The summed E-state index contributed by atoms with van der Waals surface area (Å²) in [6, 6.07) is 10.0. The average Bonchev–Trinajstić information content (AvgIpc) is 2.52. The summed E-state index contributed by atoms with van der Waals surface area (Å²) in [6.07, 6.45) is 0. The maximum Gasteiger partial charge on any atom is 0.276 e. The largest absolute Gasteiger partial charge is 0.493 e. The van der Waals surface area contributed by atoms with E-state index in [1.807, 2.05) is 0 Å². The van der Waals surface area contributed by atoms with Gasteiger partial charge in [-0.1, -0.05) is 12.1 Å². The van der Waals surface area contributed by atoms with Crippen LogP contribution in [0.5, 0.6) is 11.5 Å². The van der Waals surface area contributed by atoms with Crippen LogP contribution in [-0.4, -0.2) is 17.0 Å². The van der Waals surface area contributed by atoms with Crippen LogP contribution in [-0.2, 0) is 6.61 Å². The highest BCUT2D eigenvalue weighted by Gasteiger charge is 2.16. The van der Waals surface area contributed by atoms with Gasteiger partial charge in [-0.2, -0.15) is 0 Å². The molecule has 2 rings (SSSR count). The van der Waals surface area contributed by atoms with Gasteiger partial charge in [-0.05, 0) is 12.1 Å². The number of methoxy groups -OCH3 is 1. The third-order valence-corrected chi connectivity index (χ3v) is 2.93. The molecular weight excluding hydrogens is 292 g/mol. The molecule has 0 amide bonds.